The van der Waals surface area contributed by atoms with Crippen LogP contribution in [0.5, 0.6) is 0 Å². The zero-order valence-corrected chi connectivity index (χ0v) is 12.2. The van der Waals surface area contributed by atoms with Gasteiger partial charge in [0.2, 0.25) is 5.95 Å². The van der Waals surface area contributed by atoms with Crippen molar-refractivity contribution in [2.45, 2.75) is 13.0 Å². The van der Waals surface area contributed by atoms with E-state index in [1.807, 2.05) is 13.0 Å². The normalized spacial score (nSPS) is 12.0. The first-order valence-electron chi connectivity index (χ1n) is 5.82. The van der Waals surface area contributed by atoms with E-state index in [4.69, 9.17) is 34.8 Å². The van der Waals surface area contributed by atoms with E-state index in [9.17, 15) is 0 Å². The Labute approximate surface area is 126 Å². The standard InChI is InChI=1S/C12H14Cl2N6/c1-6(8-3-2-7(13)4-9(8)14)17-10-5-11(20-16)19-12(15)18-10/h2-6H,16H2,1H3,(H4,15,17,18,19,20). The molecule has 0 amide bonds. The van der Waals surface area contributed by atoms with Crippen LogP contribution >= 0.6 is 23.2 Å². The van der Waals surface area contributed by atoms with Gasteiger partial charge in [0.1, 0.15) is 11.6 Å². The van der Waals surface area contributed by atoms with Crippen molar-refractivity contribution < 1.29 is 0 Å². The molecule has 6 nitrogen and oxygen atoms in total. The fraction of sp³-hybridized carbons (Fsp3) is 0.167. The Morgan fingerprint density at radius 1 is 1.15 bits per heavy atom. The van der Waals surface area contributed by atoms with E-state index < -0.39 is 0 Å². The molecule has 1 aromatic carbocycles. The van der Waals surface area contributed by atoms with Crippen LogP contribution in [0.25, 0.3) is 0 Å². The molecule has 20 heavy (non-hydrogen) atoms. The molecule has 0 radical (unpaired) electrons. The first kappa shape index (κ1) is 14.6. The summed E-state index contributed by atoms with van der Waals surface area (Å²) >= 11 is 12.0. The maximum Gasteiger partial charge on any atom is 0.223 e. The zero-order valence-electron chi connectivity index (χ0n) is 10.7. The van der Waals surface area contributed by atoms with Gasteiger partial charge in [0.05, 0.1) is 6.04 Å². The molecule has 1 unspecified atom stereocenters. The second-order valence-corrected chi connectivity index (χ2v) is 5.02. The molecule has 1 heterocycles. The van der Waals surface area contributed by atoms with Crippen molar-refractivity contribution in [2.24, 2.45) is 5.84 Å². The van der Waals surface area contributed by atoms with Gasteiger partial charge in [-0.15, -0.1) is 0 Å². The van der Waals surface area contributed by atoms with Gasteiger partial charge in [0.15, 0.2) is 0 Å². The molecule has 0 bridgehead atoms. The molecule has 0 saturated carbocycles. The first-order chi connectivity index (χ1) is 9.49. The molecule has 0 aliphatic rings. The van der Waals surface area contributed by atoms with Crippen molar-refractivity contribution in [3.8, 4) is 0 Å². The van der Waals surface area contributed by atoms with E-state index in [1.165, 1.54) is 0 Å². The van der Waals surface area contributed by atoms with Crippen LogP contribution in [0.4, 0.5) is 17.6 Å². The second-order valence-electron chi connectivity index (χ2n) is 4.17. The summed E-state index contributed by atoms with van der Waals surface area (Å²) < 4.78 is 0. The molecule has 2 aromatic rings. The minimum atomic E-state index is -0.0836. The van der Waals surface area contributed by atoms with Crippen LogP contribution in [0.15, 0.2) is 24.3 Å². The molecule has 0 saturated heterocycles. The molecule has 1 aromatic heterocycles. The zero-order chi connectivity index (χ0) is 14.7. The number of nitrogens with one attached hydrogen (secondary N) is 2. The van der Waals surface area contributed by atoms with Crippen molar-refractivity contribution in [3.05, 3.63) is 39.9 Å². The molecule has 0 aliphatic carbocycles. The number of nitrogens with zero attached hydrogens (tertiary/aromatic N) is 2. The number of nitrogen functional groups attached to an aromatic ring is 2. The number of rotatable bonds is 4. The highest BCUT2D eigenvalue weighted by molar-refractivity contribution is 6.35. The minimum Gasteiger partial charge on any atom is -0.368 e. The van der Waals surface area contributed by atoms with Gasteiger partial charge < -0.3 is 16.5 Å². The van der Waals surface area contributed by atoms with Gasteiger partial charge in [-0.3, -0.25) is 0 Å². The number of halogens is 2. The maximum atomic E-state index is 6.17. The Morgan fingerprint density at radius 2 is 1.85 bits per heavy atom. The second kappa shape index (κ2) is 6.13. The number of hydrogen-bond donors (Lipinski definition) is 4. The van der Waals surface area contributed by atoms with Crippen LogP contribution in [0.2, 0.25) is 10.0 Å². The fourth-order valence-electron chi connectivity index (χ4n) is 1.77. The topological polar surface area (TPSA) is 102 Å². The fourth-order valence-corrected chi connectivity index (χ4v) is 2.34. The molecule has 1 atom stereocenters. The van der Waals surface area contributed by atoms with Gasteiger partial charge in [0.25, 0.3) is 0 Å². The van der Waals surface area contributed by atoms with E-state index >= 15 is 0 Å². The van der Waals surface area contributed by atoms with Crippen molar-refractivity contribution in [3.63, 3.8) is 0 Å². The van der Waals surface area contributed by atoms with E-state index in [2.05, 4.69) is 20.7 Å². The number of benzene rings is 1. The molecule has 2 rings (SSSR count). The Bertz CT molecular complexity index is 619. The molecule has 8 heteroatoms. The summed E-state index contributed by atoms with van der Waals surface area (Å²) in [6.07, 6.45) is 0. The highest BCUT2D eigenvalue weighted by atomic mass is 35.5. The number of anilines is 3. The van der Waals surface area contributed by atoms with Crippen LogP contribution in [-0.4, -0.2) is 9.97 Å². The summed E-state index contributed by atoms with van der Waals surface area (Å²) in [5, 5.41) is 4.35. The van der Waals surface area contributed by atoms with Gasteiger partial charge in [-0.2, -0.15) is 9.97 Å². The lowest BCUT2D eigenvalue weighted by Crippen LogP contribution is -2.13. The van der Waals surface area contributed by atoms with Gasteiger partial charge in [-0.05, 0) is 24.6 Å². The Hall–Kier alpha value is -1.76. The number of aromatic nitrogens is 2. The highest BCUT2D eigenvalue weighted by Gasteiger charge is 2.11. The monoisotopic (exact) mass is 312 g/mol. The average molecular weight is 313 g/mol. The van der Waals surface area contributed by atoms with Crippen LogP contribution < -0.4 is 22.3 Å². The minimum absolute atomic E-state index is 0.0836. The Morgan fingerprint density at radius 3 is 2.50 bits per heavy atom. The van der Waals surface area contributed by atoms with Crippen molar-refractivity contribution in [1.29, 1.82) is 0 Å². The van der Waals surface area contributed by atoms with E-state index in [-0.39, 0.29) is 12.0 Å². The van der Waals surface area contributed by atoms with Gasteiger partial charge >= 0.3 is 0 Å². The van der Waals surface area contributed by atoms with Crippen molar-refractivity contribution in [2.75, 3.05) is 16.5 Å². The third-order valence-corrected chi connectivity index (χ3v) is 3.25. The molecular formula is C12H14Cl2N6. The predicted molar refractivity (Wildman–Crippen MR) is 82.8 cm³/mol. The molecular weight excluding hydrogens is 299 g/mol. The summed E-state index contributed by atoms with van der Waals surface area (Å²) in [5.41, 5.74) is 8.92. The molecule has 0 spiro atoms. The van der Waals surface area contributed by atoms with Gasteiger partial charge in [-0.1, -0.05) is 29.3 Å². The molecule has 106 valence electrons. The molecule has 0 fully saturated rings. The highest BCUT2D eigenvalue weighted by Crippen LogP contribution is 2.28. The summed E-state index contributed by atoms with van der Waals surface area (Å²) in [6.45, 7) is 1.95. The summed E-state index contributed by atoms with van der Waals surface area (Å²) in [5.74, 6) is 6.40. The average Bonchev–Trinajstić information content (AvgIpc) is 2.37. The van der Waals surface area contributed by atoms with E-state index in [1.54, 1.807) is 18.2 Å². The largest absolute Gasteiger partial charge is 0.368 e. The van der Waals surface area contributed by atoms with E-state index in [0.29, 0.717) is 21.7 Å². The third kappa shape index (κ3) is 3.41. The molecule has 0 aliphatic heterocycles. The lowest BCUT2D eigenvalue weighted by atomic mass is 10.1. The lowest BCUT2D eigenvalue weighted by Gasteiger charge is -2.17. The van der Waals surface area contributed by atoms with Gasteiger partial charge in [0, 0.05) is 16.1 Å². The quantitative estimate of drug-likeness (QED) is 0.511. The summed E-state index contributed by atoms with van der Waals surface area (Å²) in [4.78, 5) is 7.99. The Kier molecular flexibility index (Phi) is 4.49. The molecule has 6 N–H and O–H groups in total. The lowest BCUT2D eigenvalue weighted by molar-refractivity contribution is 0.873. The number of nitrogens with two attached hydrogens (primary N) is 2. The SMILES string of the molecule is CC(Nc1cc(NN)nc(N)n1)c1ccc(Cl)cc1Cl. The van der Waals surface area contributed by atoms with Crippen molar-refractivity contribution >= 4 is 40.8 Å². The Balaban J connectivity index is 2.22. The van der Waals surface area contributed by atoms with Crippen LogP contribution in [0.3, 0.4) is 0 Å². The predicted octanol–water partition coefficient (Wildman–Crippen LogP) is 2.82. The smallest absolute Gasteiger partial charge is 0.223 e. The van der Waals surface area contributed by atoms with E-state index in [0.717, 1.165) is 5.56 Å². The summed E-state index contributed by atoms with van der Waals surface area (Å²) in [6, 6.07) is 6.89. The third-order valence-electron chi connectivity index (χ3n) is 2.68. The van der Waals surface area contributed by atoms with Crippen LogP contribution in [0.1, 0.15) is 18.5 Å². The number of hydrazine groups is 1. The number of hydrogen-bond acceptors (Lipinski definition) is 6. The van der Waals surface area contributed by atoms with Crippen LogP contribution in [0, 0.1) is 0 Å². The van der Waals surface area contributed by atoms with Crippen molar-refractivity contribution in [1.82, 2.24) is 9.97 Å². The summed E-state index contributed by atoms with van der Waals surface area (Å²) in [7, 11) is 0. The first-order valence-corrected chi connectivity index (χ1v) is 6.58. The van der Waals surface area contributed by atoms with Gasteiger partial charge in [-0.25, -0.2) is 5.84 Å². The van der Waals surface area contributed by atoms with Crippen LogP contribution in [-0.2, 0) is 0 Å². The maximum absolute atomic E-state index is 6.17.